The van der Waals surface area contributed by atoms with E-state index < -0.39 is 0 Å². The molecule has 0 atom stereocenters. The molecule has 130 valence electrons. The topological polar surface area (TPSA) is 27.7 Å². The minimum Gasteiger partial charge on any atom is -0.200 e. The molecule has 1 saturated carbocycles. The molecule has 1 aliphatic carbocycles. The number of nitrogens with zero attached hydrogens (tertiary/aromatic N) is 2. The molecule has 1 aliphatic rings. The second-order valence-electron chi connectivity index (χ2n) is 7.68. The molecule has 3 aromatic rings. The molecule has 0 amide bonds. The maximum atomic E-state index is 9.22. The third-order valence-corrected chi connectivity index (χ3v) is 6.04. The summed E-state index contributed by atoms with van der Waals surface area (Å²) in [4.78, 5) is 0. The second-order valence-corrected chi connectivity index (χ2v) is 7.68. The highest BCUT2D eigenvalue weighted by Gasteiger charge is 2.23. The van der Waals surface area contributed by atoms with Gasteiger partial charge in [-0.3, -0.25) is 0 Å². The molecule has 1 fully saturated rings. The van der Waals surface area contributed by atoms with Gasteiger partial charge in [-0.05, 0) is 78.9 Å². The fourth-order valence-corrected chi connectivity index (χ4v) is 4.41. The molecule has 2 heteroatoms. The SMILES string of the molecule is Cc1cc(C2CCCC2)cc(-c2c3ccc(C#N)cc3cc[n+]2C)c1C. The normalized spacial score (nSPS) is 14.7. The summed E-state index contributed by atoms with van der Waals surface area (Å²) >= 11 is 0. The summed E-state index contributed by atoms with van der Waals surface area (Å²) in [5.41, 5.74) is 7.49. The number of pyridine rings is 1. The van der Waals surface area contributed by atoms with Gasteiger partial charge < -0.3 is 0 Å². The van der Waals surface area contributed by atoms with Crippen LogP contribution in [0, 0.1) is 25.2 Å². The van der Waals surface area contributed by atoms with Crippen molar-refractivity contribution in [3.63, 3.8) is 0 Å². The van der Waals surface area contributed by atoms with Crippen LogP contribution >= 0.6 is 0 Å². The summed E-state index contributed by atoms with van der Waals surface area (Å²) in [6.45, 7) is 4.46. The highest BCUT2D eigenvalue weighted by Crippen LogP contribution is 2.38. The van der Waals surface area contributed by atoms with Gasteiger partial charge in [0.25, 0.3) is 0 Å². The Labute approximate surface area is 155 Å². The molecule has 1 aromatic heterocycles. The van der Waals surface area contributed by atoms with Crippen LogP contribution in [0.1, 0.15) is 53.9 Å². The molecular formula is C24H25N2+. The lowest BCUT2D eigenvalue weighted by atomic mass is 9.89. The largest absolute Gasteiger partial charge is 0.220 e. The van der Waals surface area contributed by atoms with Crippen LogP contribution < -0.4 is 4.57 Å². The lowest BCUT2D eigenvalue weighted by Crippen LogP contribution is -2.31. The molecule has 26 heavy (non-hydrogen) atoms. The average molecular weight is 341 g/mol. The maximum absolute atomic E-state index is 9.22. The Morgan fingerprint density at radius 3 is 2.54 bits per heavy atom. The minimum atomic E-state index is 0.707. The molecule has 0 saturated heterocycles. The summed E-state index contributed by atoms with van der Waals surface area (Å²) in [5.74, 6) is 0.707. The highest BCUT2D eigenvalue weighted by molar-refractivity contribution is 5.94. The van der Waals surface area contributed by atoms with Crippen molar-refractivity contribution < 1.29 is 4.57 Å². The van der Waals surface area contributed by atoms with E-state index in [2.05, 4.69) is 62.0 Å². The molecule has 0 spiro atoms. The van der Waals surface area contributed by atoms with Gasteiger partial charge in [0.15, 0.2) is 6.20 Å². The Bertz CT molecular complexity index is 1030. The van der Waals surface area contributed by atoms with Crippen LogP contribution in [-0.2, 0) is 7.05 Å². The van der Waals surface area contributed by atoms with Crippen LogP contribution in [0.5, 0.6) is 0 Å². The van der Waals surface area contributed by atoms with Crippen molar-refractivity contribution in [2.24, 2.45) is 7.05 Å². The number of rotatable bonds is 2. The number of aryl methyl sites for hydroxylation is 2. The van der Waals surface area contributed by atoms with Crippen molar-refractivity contribution in [1.29, 1.82) is 5.26 Å². The van der Waals surface area contributed by atoms with E-state index in [0.29, 0.717) is 11.5 Å². The first-order valence-corrected chi connectivity index (χ1v) is 9.52. The molecule has 2 aromatic carbocycles. The minimum absolute atomic E-state index is 0.707. The fourth-order valence-electron chi connectivity index (χ4n) is 4.41. The van der Waals surface area contributed by atoms with E-state index in [-0.39, 0.29) is 0 Å². The summed E-state index contributed by atoms with van der Waals surface area (Å²) < 4.78 is 2.22. The zero-order valence-electron chi connectivity index (χ0n) is 15.8. The van der Waals surface area contributed by atoms with Crippen LogP contribution in [0.4, 0.5) is 0 Å². The Kier molecular flexibility index (Phi) is 4.24. The van der Waals surface area contributed by atoms with Crippen LogP contribution in [0.2, 0.25) is 0 Å². The summed E-state index contributed by atoms with van der Waals surface area (Å²) in [5, 5.41) is 11.6. The van der Waals surface area contributed by atoms with Crippen molar-refractivity contribution >= 4 is 10.8 Å². The number of hydrogen-bond acceptors (Lipinski definition) is 1. The van der Waals surface area contributed by atoms with E-state index in [0.717, 1.165) is 5.39 Å². The molecule has 0 radical (unpaired) electrons. The van der Waals surface area contributed by atoms with Gasteiger partial charge in [0.05, 0.1) is 22.6 Å². The molecule has 0 aliphatic heterocycles. The van der Waals surface area contributed by atoms with Gasteiger partial charge in [-0.1, -0.05) is 18.9 Å². The van der Waals surface area contributed by atoms with Gasteiger partial charge in [0.2, 0.25) is 5.69 Å². The van der Waals surface area contributed by atoms with Gasteiger partial charge in [0.1, 0.15) is 7.05 Å². The third kappa shape index (κ3) is 2.78. The number of fused-ring (bicyclic) bond motifs is 1. The van der Waals surface area contributed by atoms with E-state index in [1.165, 1.54) is 59.0 Å². The lowest BCUT2D eigenvalue weighted by Gasteiger charge is -2.16. The molecule has 2 nitrogen and oxygen atoms in total. The number of hydrogen-bond donors (Lipinski definition) is 0. The number of aromatic nitrogens is 1. The van der Waals surface area contributed by atoms with Crippen molar-refractivity contribution in [2.45, 2.75) is 45.4 Å². The Hall–Kier alpha value is -2.66. The first-order chi connectivity index (χ1) is 12.6. The predicted molar refractivity (Wildman–Crippen MR) is 106 cm³/mol. The predicted octanol–water partition coefficient (Wildman–Crippen LogP) is 5.48. The molecule has 4 rings (SSSR count). The Morgan fingerprint density at radius 2 is 1.81 bits per heavy atom. The molecule has 1 heterocycles. The monoisotopic (exact) mass is 341 g/mol. The summed E-state index contributed by atoms with van der Waals surface area (Å²) in [6.07, 6.45) is 7.44. The zero-order chi connectivity index (χ0) is 18.3. The fraction of sp³-hybridized carbons (Fsp3) is 0.333. The molecule has 0 bridgehead atoms. The maximum Gasteiger partial charge on any atom is 0.220 e. The van der Waals surface area contributed by atoms with Gasteiger partial charge in [-0.25, -0.2) is 4.57 Å². The third-order valence-electron chi connectivity index (χ3n) is 6.04. The first kappa shape index (κ1) is 16.8. The number of nitriles is 1. The van der Waals surface area contributed by atoms with Gasteiger partial charge in [-0.15, -0.1) is 0 Å². The van der Waals surface area contributed by atoms with E-state index in [4.69, 9.17) is 0 Å². The van der Waals surface area contributed by atoms with Crippen molar-refractivity contribution in [3.8, 4) is 17.3 Å². The Balaban J connectivity index is 1.97. The van der Waals surface area contributed by atoms with Crippen molar-refractivity contribution in [2.75, 3.05) is 0 Å². The smallest absolute Gasteiger partial charge is 0.200 e. The van der Waals surface area contributed by atoms with E-state index in [1.54, 1.807) is 0 Å². The van der Waals surface area contributed by atoms with Gasteiger partial charge in [0, 0.05) is 6.07 Å². The van der Waals surface area contributed by atoms with E-state index in [9.17, 15) is 5.26 Å². The van der Waals surface area contributed by atoms with Gasteiger partial charge in [-0.2, -0.15) is 5.26 Å². The highest BCUT2D eigenvalue weighted by atomic mass is 14.9. The van der Waals surface area contributed by atoms with Crippen LogP contribution in [0.3, 0.4) is 0 Å². The number of benzene rings is 2. The second kappa shape index (κ2) is 6.57. The first-order valence-electron chi connectivity index (χ1n) is 9.52. The Morgan fingerprint density at radius 1 is 1.04 bits per heavy atom. The standard InChI is InChI=1S/C24H25N2/c1-16-12-21(19-6-4-5-7-19)14-23(17(16)2)24-22-9-8-18(15-25)13-20(22)10-11-26(24)3/h8-14,19H,4-7H2,1-3H3/q+1. The van der Waals surface area contributed by atoms with Crippen LogP contribution in [0.25, 0.3) is 22.0 Å². The summed E-state index contributed by atoms with van der Waals surface area (Å²) in [7, 11) is 2.12. The van der Waals surface area contributed by atoms with E-state index in [1.807, 2.05) is 12.1 Å². The zero-order valence-corrected chi connectivity index (χ0v) is 15.8. The summed E-state index contributed by atoms with van der Waals surface area (Å²) in [6, 6.07) is 15.2. The molecular weight excluding hydrogens is 316 g/mol. The molecule has 0 unspecified atom stereocenters. The van der Waals surface area contributed by atoms with Crippen molar-refractivity contribution in [3.05, 3.63) is 64.8 Å². The molecule has 0 N–H and O–H groups in total. The van der Waals surface area contributed by atoms with E-state index >= 15 is 0 Å². The van der Waals surface area contributed by atoms with Crippen LogP contribution in [0.15, 0.2) is 42.6 Å². The average Bonchev–Trinajstić information content (AvgIpc) is 3.18. The lowest BCUT2D eigenvalue weighted by molar-refractivity contribution is -0.659. The van der Waals surface area contributed by atoms with Crippen molar-refractivity contribution in [1.82, 2.24) is 0 Å². The van der Waals surface area contributed by atoms with Crippen LogP contribution in [-0.4, -0.2) is 0 Å². The quantitative estimate of drug-likeness (QED) is 0.567. The van der Waals surface area contributed by atoms with Gasteiger partial charge >= 0.3 is 0 Å².